The van der Waals surface area contributed by atoms with Crippen molar-refractivity contribution in [2.45, 2.75) is 19.4 Å². The van der Waals surface area contributed by atoms with Crippen LogP contribution in [0.2, 0.25) is 0 Å². The predicted octanol–water partition coefficient (Wildman–Crippen LogP) is 3.59. The van der Waals surface area contributed by atoms with Crippen LogP contribution in [-0.4, -0.2) is 0 Å². The van der Waals surface area contributed by atoms with Crippen molar-refractivity contribution in [2.75, 3.05) is 0 Å². The number of rotatable bonds is 3. The Hall–Kier alpha value is -1.06. The summed E-state index contributed by atoms with van der Waals surface area (Å²) in [5, 5.41) is 0. The summed E-state index contributed by atoms with van der Waals surface area (Å²) in [6, 6.07) is 8.18. The highest BCUT2D eigenvalue weighted by molar-refractivity contribution is 9.10. The number of hydrogen-bond acceptors (Lipinski definition) is 2. The van der Waals surface area contributed by atoms with E-state index in [1.54, 1.807) is 12.5 Å². The van der Waals surface area contributed by atoms with Crippen molar-refractivity contribution in [3.8, 4) is 0 Å². The van der Waals surface area contributed by atoms with E-state index < -0.39 is 0 Å². The molecule has 0 saturated heterocycles. The normalized spacial score (nSPS) is 12.7. The first-order valence-electron chi connectivity index (χ1n) is 5.19. The molecule has 0 fully saturated rings. The third-order valence-electron chi connectivity index (χ3n) is 2.59. The first-order valence-corrected chi connectivity index (χ1v) is 5.99. The summed E-state index contributed by atoms with van der Waals surface area (Å²) in [7, 11) is 0. The fourth-order valence-electron chi connectivity index (χ4n) is 1.71. The third kappa shape index (κ3) is 2.54. The highest BCUT2D eigenvalue weighted by Crippen LogP contribution is 2.25. The molecule has 0 bridgehead atoms. The maximum Gasteiger partial charge on any atom is 0.0935 e. The number of hydrogen-bond donors (Lipinski definition) is 1. The van der Waals surface area contributed by atoms with Crippen LogP contribution in [0, 0.1) is 6.92 Å². The molecule has 1 heterocycles. The van der Waals surface area contributed by atoms with Gasteiger partial charge >= 0.3 is 0 Å². The van der Waals surface area contributed by atoms with Crippen LogP contribution in [0.25, 0.3) is 0 Å². The van der Waals surface area contributed by atoms with Gasteiger partial charge in [0, 0.05) is 10.5 Å². The number of benzene rings is 1. The van der Waals surface area contributed by atoms with Crippen LogP contribution in [0.5, 0.6) is 0 Å². The van der Waals surface area contributed by atoms with Gasteiger partial charge in [0.15, 0.2) is 0 Å². The topological polar surface area (TPSA) is 39.2 Å². The van der Waals surface area contributed by atoms with Crippen LogP contribution < -0.4 is 5.73 Å². The smallest absolute Gasteiger partial charge is 0.0935 e. The van der Waals surface area contributed by atoms with E-state index in [4.69, 9.17) is 10.2 Å². The summed E-state index contributed by atoms with van der Waals surface area (Å²) in [6.07, 6.45) is 4.20. The summed E-state index contributed by atoms with van der Waals surface area (Å²) in [5.74, 6) is 0. The molecule has 1 aromatic heterocycles. The molecule has 16 heavy (non-hydrogen) atoms. The molecule has 2 aromatic rings. The lowest BCUT2D eigenvalue weighted by Gasteiger charge is -2.13. The van der Waals surface area contributed by atoms with E-state index in [0.29, 0.717) is 0 Å². The average molecular weight is 280 g/mol. The molecule has 84 valence electrons. The Labute approximate surface area is 104 Å². The van der Waals surface area contributed by atoms with Crippen molar-refractivity contribution in [3.63, 3.8) is 0 Å². The first kappa shape index (κ1) is 11.4. The van der Waals surface area contributed by atoms with Gasteiger partial charge in [0.1, 0.15) is 0 Å². The molecule has 0 aliphatic rings. The van der Waals surface area contributed by atoms with Crippen molar-refractivity contribution in [1.82, 2.24) is 0 Å². The fraction of sp³-hybridized carbons (Fsp3) is 0.231. The quantitative estimate of drug-likeness (QED) is 0.933. The zero-order valence-corrected chi connectivity index (χ0v) is 10.7. The third-order valence-corrected chi connectivity index (χ3v) is 3.28. The minimum atomic E-state index is -0.00688. The van der Waals surface area contributed by atoms with E-state index in [1.165, 1.54) is 5.56 Å². The molecule has 0 amide bonds. The predicted molar refractivity (Wildman–Crippen MR) is 68.2 cm³/mol. The highest BCUT2D eigenvalue weighted by atomic mass is 79.9. The van der Waals surface area contributed by atoms with Gasteiger partial charge in [-0.15, -0.1) is 0 Å². The Morgan fingerprint density at radius 3 is 2.81 bits per heavy atom. The van der Waals surface area contributed by atoms with E-state index in [9.17, 15) is 0 Å². The molecule has 0 saturated carbocycles. The molecule has 0 radical (unpaired) electrons. The standard InChI is InChI=1S/C13H14BrNO/c1-9-2-3-11(12(14)6-9)13(15)7-10-4-5-16-8-10/h2-6,8,13H,7,15H2,1H3. The summed E-state index contributed by atoms with van der Waals surface area (Å²) < 4.78 is 6.11. The fourth-order valence-corrected chi connectivity index (χ4v) is 2.49. The first-order chi connectivity index (χ1) is 7.66. The number of halogens is 1. The van der Waals surface area contributed by atoms with Gasteiger partial charge in [0.25, 0.3) is 0 Å². The lowest BCUT2D eigenvalue weighted by atomic mass is 10.0. The SMILES string of the molecule is Cc1ccc(C(N)Cc2ccoc2)c(Br)c1. The molecule has 0 aliphatic heterocycles. The summed E-state index contributed by atoms with van der Waals surface area (Å²) in [5.41, 5.74) is 9.65. The van der Waals surface area contributed by atoms with Gasteiger partial charge in [0.2, 0.25) is 0 Å². The van der Waals surface area contributed by atoms with Crippen LogP contribution >= 0.6 is 15.9 Å². The second-order valence-corrected chi connectivity index (χ2v) is 4.82. The monoisotopic (exact) mass is 279 g/mol. The zero-order valence-electron chi connectivity index (χ0n) is 9.11. The van der Waals surface area contributed by atoms with E-state index >= 15 is 0 Å². The molecule has 1 aromatic carbocycles. The second kappa shape index (κ2) is 4.85. The summed E-state index contributed by atoms with van der Waals surface area (Å²) in [6.45, 7) is 2.07. The van der Waals surface area contributed by atoms with Crippen LogP contribution in [0.15, 0.2) is 45.7 Å². The van der Waals surface area contributed by atoms with Gasteiger partial charge < -0.3 is 10.2 Å². The molecule has 1 unspecified atom stereocenters. The van der Waals surface area contributed by atoms with E-state index in [-0.39, 0.29) is 6.04 Å². The minimum absolute atomic E-state index is 0.00688. The molecule has 1 atom stereocenters. The maximum atomic E-state index is 6.17. The van der Waals surface area contributed by atoms with Gasteiger partial charge in [-0.2, -0.15) is 0 Å². The van der Waals surface area contributed by atoms with Crippen LogP contribution in [0.3, 0.4) is 0 Å². The maximum absolute atomic E-state index is 6.17. The molecule has 0 spiro atoms. The van der Waals surface area contributed by atoms with Crippen LogP contribution in [0.4, 0.5) is 0 Å². The van der Waals surface area contributed by atoms with E-state index in [2.05, 4.69) is 41.1 Å². The highest BCUT2D eigenvalue weighted by Gasteiger charge is 2.11. The molecule has 2 nitrogen and oxygen atoms in total. The Balaban J connectivity index is 2.17. The largest absolute Gasteiger partial charge is 0.472 e. The molecule has 3 heteroatoms. The van der Waals surface area contributed by atoms with Crippen molar-refractivity contribution in [2.24, 2.45) is 5.73 Å². The van der Waals surface area contributed by atoms with Crippen molar-refractivity contribution in [3.05, 3.63) is 58.0 Å². The summed E-state index contributed by atoms with van der Waals surface area (Å²) >= 11 is 3.55. The summed E-state index contributed by atoms with van der Waals surface area (Å²) in [4.78, 5) is 0. The van der Waals surface area contributed by atoms with Crippen molar-refractivity contribution in [1.29, 1.82) is 0 Å². The minimum Gasteiger partial charge on any atom is -0.472 e. The van der Waals surface area contributed by atoms with Crippen LogP contribution in [-0.2, 0) is 6.42 Å². The molecule has 0 aliphatic carbocycles. The van der Waals surface area contributed by atoms with Gasteiger partial charge in [-0.1, -0.05) is 28.1 Å². The lowest BCUT2D eigenvalue weighted by molar-refractivity contribution is 0.561. The number of furan rings is 1. The van der Waals surface area contributed by atoms with E-state index in [1.807, 2.05) is 6.07 Å². The Bertz CT molecular complexity index is 465. The number of nitrogens with two attached hydrogens (primary N) is 1. The van der Waals surface area contributed by atoms with Gasteiger partial charge in [-0.3, -0.25) is 0 Å². The Kier molecular flexibility index (Phi) is 3.46. The molecule has 2 N–H and O–H groups in total. The van der Waals surface area contributed by atoms with Gasteiger partial charge in [0.05, 0.1) is 12.5 Å². The molecular formula is C13H14BrNO. The van der Waals surface area contributed by atoms with Gasteiger partial charge in [-0.25, -0.2) is 0 Å². The second-order valence-electron chi connectivity index (χ2n) is 3.97. The molecule has 2 rings (SSSR count). The number of aryl methyl sites for hydroxylation is 1. The molecular weight excluding hydrogens is 266 g/mol. The Morgan fingerprint density at radius 2 is 2.19 bits per heavy atom. The van der Waals surface area contributed by atoms with Crippen LogP contribution in [0.1, 0.15) is 22.7 Å². The average Bonchev–Trinajstić information content (AvgIpc) is 2.70. The van der Waals surface area contributed by atoms with Gasteiger partial charge in [-0.05, 0) is 42.2 Å². The Morgan fingerprint density at radius 1 is 1.38 bits per heavy atom. The van der Waals surface area contributed by atoms with Crippen molar-refractivity contribution >= 4 is 15.9 Å². The lowest BCUT2D eigenvalue weighted by Crippen LogP contribution is -2.13. The van der Waals surface area contributed by atoms with Crippen molar-refractivity contribution < 1.29 is 4.42 Å². The zero-order chi connectivity index (χ0) is 11.5. The van der Waals surface area contributed by atoms with E-state index in [0.717, 1.165) is 22.0 Å².